The Morgan fingerprint density at radius 2 is 1.71 bits per heavy atom. The van der Waals surface area contributed by atoms with Gasteiger partial charge in [0.1, 0.15) is 22.8 Å². The molecule has 1 N–H and O–H groups in total. The Bertz CT molecular complexity index is 1130. The molecule has 0 spiro atoms. The van der Waals surface area contributed by atoms with Crippen LogP contribution in [0.4, 0.5) is 5.82 Å². The molecule has 0 aliphatic carbocycles. The van der Waals surface area contributed by atoms with Crippen molar-refractivity contribution in [3.05, 3.63) is 60.2 Å². The number of phenols is 1. The van der Waals surface area contributed by atoms with Gasteiger partial charge in [0.15, 0.2) is 0 Å². The number of hydrogen-bond acceptors (Lipinski definition) is 5. The molecule has 0 saturated carbocycles. The summed E-state index contributed by atoms with van der Waals surface area (Å²) in [5.41, 5.74) is 1.98. The van der Waals surface area contributed by atoms with E-state index in [1.807, 2.05) is 36.4 Å². The molecule has 1 amide bonds. The Morgan fingerprint density at radius 3 is 2.41 bits per heavy atom. The van der Waals surface area contributed by atoms with Gasteiger partial charge in [-0.15, -0.1) is 0 Å². The number of ether oxygens (including phenoxy) is 1. The fourth-order valence-corrected chi connectivity index (χ4v) is 5.36. The fraction of sp³-hybridized carbons (Fsp3) is 0.429. The number of aromatic nitrogens is 1. The average Bonchev–Trinajstić information content (AvgIpc) is 2.89. The van der Waals surface area contributed by atoms with Gasteiger partial charge >= 0.3 is 0 Å². The standard InChI is InChI=1S/C28H33N3O3/c1-34-24-8-5-20(6-9-24)19-21-11-15-31(16-12-21)28(33)23-13-17-30(18-14-23)26-10-7-22-3-2-4-25(32)27(22)29-26/h2-10,21,23,32H,11-19H2,1H3. The molecule has 5 rings (SSSR count). The molecule has 3 aromatic rings. The Hall–Kier alpha value is -3.28. The van der Waals surface area contributed by atoms with Crippen LogP contribution in [0.1, 0.15) is 31.2 Å². The van der Waals surface area contributed by atoms with Crippen molar-refractivity contribution in [1.29, 1.82) is 0 Å². The van der Waals surface area contributed by atoms with Crippen molar-refractivity contribution in [3.8, 4) is 11.5 Å². The molecule has 1 aromatic heterocycles. The van der Waals surface area contributed by atoms with Crippen molar-refractivity contribution in [1.82, 2.24) is 9.88 Å². The fourth-order valence-electron chi connectivity index (χ4n) is 5.36. The molecule has 6 heteroatoms. The number of piperidine rings is 2. The molecule has 0 bridgehead atoms. The van der Waals surface area contributed by atoms with Crippen molar-refractivity contribution < 1.29 is 14.6 Å². The van der Waals surface area contributed by atoms with E-state index in [1.54, 1.807) is 13.2 Å². The quantitative estimate of drug-likeness (QED) is 0.602. The first-order valence-corrected chi connectivity index (χ1v) is 12.4. The first-order valence-electron chi connectivity index (χ1n) is 12.4. The van der Waals surface area contributed by atoms with Gasteiger partial charge in [0.05, 0.1) is 7.11 Å². The van der Waals surface area contributed by atoms with Crippen LogP contribution in [0.5, 0.6) is 11.5 Å². The summed E-state index contributed by atoms with van der Waals surface area (Å²) in [5, 5.41) is 11.1. The van der Waals surface area contributed by atoms with Crippen LogP contribution in [-0.4, -0.2) is 54.2 Å². The van der Waals surface area contributed by atoms with E-state index in [-0.39, 0.29) is 11.7 Å². The van der Waals surface area contributed by atoms with Gasteiger partial charge < -0.3 is 19.6 Å². The van der Waals surface area contributed by atoms with Gasteiger partial charge in [-0.05, 0) is 73.9 Å². The van der Waals surface area contributed by atoms with Crippen molar-refractivity contribution in [2.75, 3.05) is 38.2 Å². The maximum Gasteiger partial charge on any atom is 0.225 e. The Balaban J connectivity index is 1.12. The molecule has 2 saturated heterocycles. The number of fused-ring (bicyclic) bond motifs is 1. The smallest absolute Gasteiger partial charge is 0.225 e. The predicted octanol–water partition coefficient (Wildman–Crippen LogP) is 4.65. The normalized spacial score (nSPS) is 17.8. The summed E-state index contributed by atoms with van der Waals surface area (Å²) in [6.07, 6.45) is 4.91. The molecule has 0 unspecified atom stereocenters. The second kappa shape index (κ2) is 9.92. The second-order valence-corrected chi connectivity index (χ2v) is 9.60. The minimum atomic E-state index is 0.100. The lowest BCUT2D eigenvalue weighted by Gasteiger charge is -2.37. The van der Waals surface area contributed by atoms with Crippen LogP contribution in [0.15, 0.2) is 54.6 Å². The minimum Gasteiger partial charge on any atom is -0.506 e. The average molecular weight is 460 g/mol. The molecule has 2 aliphatic heterocycles. The minimum absolute atomic E-state index is 0.100. The molecule has 6 nitrogen and oxygen atoms in total. The molecule has 2 fully saturated rings. The number of hydrogen-bond donors (Lipinski definition) is 1. The third-order valence-corrected chi connectivity index (χ3v) is 7.46. The topological polar surface area (TPSA) is 65.9 Å². The highest BCUT2D eigenvalue weighted by molar-refractivity contribution is 5.85. The summed E-state index contributed by atoms with van der Waals surface area (Å²) in [6, 6.07) is 17.8. The van der Waals surface area contributed by atoms with Crippen LogP contribution in [0.3, 0.4) is 0 Å². The predicted molar refractivity (Wildman–Crippen MR) is 134 cm³/mol. The van der Waals surface area contributed by atoms with Crippen LogP contribution in [-0.2, 0) is 11.2 Å². The van der Waals surface area contributed by atoms with E-state index < -0.39 is 0 Å². The highest BCUT2D eigenvalue weighted by Gasteiger charge is 2.31. The van der Waals surface area contributed by atoms with Crippen molar-refractivity contribution in [3.63, 3.8) is 0 Å². The van der Waals surface area contributed by atoms with Gasteiger partial charge in [-0.1, -0.05) is 24.3 Å². The number of phenolic OH excluding ortho intramolecular Hbond substituents is 1. The van der Waals surface area contributed by atoms with Crippen LogP contribution in [0.2, 0.25) is 0 Å². The largest absolute Gasteiger partial charge is 0.506 e. The van der Waals surface area contributed by atoms with Gasteiger partial charge in [0.2, 0.25) is 5.91 Å². The van der Waals surface area contributed by atoms with Crippen molar-refractivity contribution in [2.24, 2.45) is 11.8 Å². The number of nitrogens with zero attached hydrogens (tertiary/aromatic N) is 3. The molecule has 2 aromatic carbocycles. The number of para-hydroxylation sites is 1. The third kappa shape index (κ3) is 4.81. The van der Waals surface area contributed by atoms with Crippen LogP contribution >= 0.6 is 0 Å². The SMILES string of the molecule is COc1ccc(CC2CCN(C(=O)C3CCN(c4ccc5cccc(O)c5n4)CC3)CC2)cc1. The Labute approximate surface area is 201 Å². The Kier molecular flexibility index (Phi) is 6.57. The van der Waals surface area contributed by atoms with E-state index in [9.17, 15) is 9.90 Å². The van der Waals surface area contributed by atoms with Gasteiger partial charge in [0, 0.05) is 37.5 Å². The lowest BCUT2D eigenvalue weighted by molar-refractivity contribution is -0.137. The van der Waals surface area contributed by atoms with Crippen LogP contribution in [0.25, 0.3) is 10.9 Å². The molecule has 3 heterocycles. The number of anilines is 1. The summed E-state index contributed by atoms with van der Waals surface area (Å²) in [7, 11) is 1.69. The zero-order chi connectivity index (χ0) is 23.5. The highest BCUT2D eigenvalue weighted by atomic mass is 16.5. The number of methoxy groups -OCH3 is 1. The number of likely N-dealkylation sites (tertiary alicyclic amines) is 1. The van der Waals surface area contributed by atoms with Crippen molar-refractivity contribution >= 4 is 22.6 Å². The number of benzene rings is 2. The lowest BCUT2D eigenvalue weighted by Crippen LogP contribution is -2.45. The zero-order valence-electron chi connectivity index (χ0n) is 19.8. The third-order valence-electron chi connectivity index (χ3n) is 7.46. The van der Waals surface area contributed by atoms with E-state index in [1.165, 1.54) is 5.56 Å². The number of rotatable bonds is 5. The number of carbonyl (C=O) groups excluding carboxylic acids is 1. The maximum atomic E-state index is 13.2. The number of carbonyl (C=O) groups is 1. The highest BCUT2D eigenvalue weighted by Crippen LogP contribution is 2.30. The van der Waals surface area contributed by atoms with Gasteiger partial charge in [0.25, 0.3) is 0 Å². The van der Waals surface area contributed by atoms with Gasteiger partial charge in [-0.25, -0.2) is 4.98 Å². The second-order valence-electron chi connectivity index (χ2n) is 9.60. The first kappa shape index (κ1) is 22.5. The van der Waals surface area contributed by atoms with Crippen LogP contribution < -0.4 is 9.64 Å². The van der Waals surface area contributed by atoms with Gasteiger partial charge in [-0.2, -0.15) is 0 Å². The molecular weight excluding hydrogens is 426 g/mol. The molecule has 178 valence electrons. The van der Waals surface area contributed by atoms with E-state index in [2.05, 4.69) is 26.9 Å². The molecule has 2 aliphatic rings. The Morgan fingerprint density at radius 1 is 0.971 bits per heavy atom. The van der Waals surface area contributed by atoms with Gasteiger partial charge in [-0.3, -0.25) is 4.79 Å². The summed E-state index contributed by atoms with van der Waals surface area (Å²) in [6.45, 7) is 3.36. The van der Waals surface area contributed by atoms with E-state index in [4.69, 9.17) is 4.74 Å². The summed E-state index contributed by atoms with van der Waals surface area (Å²) in [5.74, 6) is 3.04. The molecular formula is C28H33N3O3. The lowest BCUT2D eigenvalue weighted by atomic mass is 9.88. The first-order chi connectivity index (χ1) is 16.6. The molecule has 0 atom stereocenters. The van der Waals surface area contributed by atoms with E-state index in [0.29, 0.717) is 17.3 Å². The van der Waals surface area contributed by atoms with E-state index in [0.717, 1.165) is 75.2 Å². The van der Waals surface area contributed by atoms with Crippen LogP contribution in [0, 0.1) is 11.8 Å². The van der Waals surface area contributed by atoms with E-state index >= 15 is 0 Å². The summed E-state index contributed by atoms with van der Waals surface area (Å²) < 4.78 is 5.25. The summed E-state index contributed by atoms with van der Waals surface area (Å²) in [4.78, 5) is 22.2. The summed E-state index contributed by atoms with van der Waals surface area (Å²) >= 11 is 0. The number of aromatic hydroxyl groups is 1. The maximum absolute atomic E-state index is 13.2. The molecule has 34 heavy (non-hydrogen) atoms. The molecule has 0 radical (unpaired) electrons. The van der Waals surface area contributed by atoms with Crippen molar-refractivity contribution in [2.45, 2.75) is 32.1 Å². The number of pyridine rings is 1. The number of amides is 1. The monoisotopic (exact) mass is 459 g/mol. The zero-order valence-corrected chi connectivity index (χ0v) is 19.8.